The zero-order valence-electron chi connectivity index (χ0n) is 21.9. The van der Waals surface area contributed by atoms with Gasteiger partial charge in [0.1, 0.15) is 0 Å². The average molecular weight is 469 g/mol. The van der Waals surface area contributed by atoms with E-state index in [9.17, 15) is 0 Å². The normalized spacial score (nSPS) is 14.9. The molecule has 0 aromatic carbocycles. The summed E-state index contributed by atoms with van der Waals surface area (Å²) in [6, 6.07) is 0. The summed E-state index contributed by atoms with van der Waals surface area (Å²) < 4.78 is 0. The van der Waals surface area contributed by atoms with Gasteiger partial charge in [0.25, 0.3) is 0 Å². The van der Waals surface area contributed by atoms with Gasteiger partial charge in [-0.05, 0) is 16.1 Å². The fourth-order valence-electron chi connectivity index (χ4n) is 2.10. The summed E-state index contributed by atoms with van der Waals surface area (Å²) in [6.07, 6.45) is 8.79. The molecule has 0 aliphatic rings. The van der Waals surface area contributed by atoms with Crippen molar-refractivity contribution < 1.29 is 27.3 Å². The van der Waals surface area contributed by atoms with Crippen LogP contribution in [0, 0.1) is 11.4 Å². The Morgan fingerprint density at radius 1 is 0.556 bits per heavy atom. The Hall–Kier alpha value is 0.698. The maximum Gasteiger partial charge on any atom is 0.0391 e. The molecule has 0 aromatic heterocycles. The molecule has 0 nitrogen and oxygen atoms in total. The van der Waals surface area contributed by atoms with Crippen LogP contribution in [-0.2, 0) is 25.8 Å². The Morgan fingerprint density at radius 2 is 0.778 bits per heavy atom. The largest absolute Gasteiger partial charge is 1.00 e. The molecular weight excluding hydrogens is 422 g/mol. The minimum atomic E-state index is -1.17. The minimum Gasteiger partial charge on any atom is -1.00 e. The van der Waals surface area contributed by atoms with E-state index in [0.29, 0.717) is 0 Å². The predicted octanol–water partition coefficient (Wildman–Crippen LogP) is 8.20. The van der Waals surface area contributed by atoms with Crippen LogP contribution in [0.15, 0.2) is 34.7 Å². The first-order valence-electron chi connectivity index (χ1n) is 9.90. The summed E-state index contributed by atoms with van der Waals surface area (Å²) in [7, 11) is -4.67. The second-order valence-corrected chi connectivity index (χ2v) is 30.7. The van der Waals surface area contributed by atoms with E-state index in [4.69, 9.17) is 0 Å². The standard InChI is InChI=1S/2C11H23Si2.Sc.H/c2*1-8-9-11(13(5,6)7)10-12(2,3)4;;/h2*8-9H,1-7H3;;/q2*-1;;-1. The molecule has 0 aliphatic heterocycles. The van der Waals surface area contributed by atoms with Gasteiger partial charge in [-0.3, -0.25) is 11.4 Å². The first kappa shape index (κ1) is 32.4. The van der Waals surface area contributed by atoms with Gasteiger partial charge in [-0.15, -0.1) is 0 Å². The third-order valence-electron chi connectivity index (χ3n) is 3.30. The molecule has 0 N–H and O–H groups in total. The molecule has 0 unspecified atom stereocenters. The Kier molecular flexibility index (Phi) is 15.7. The molecule has 0 aliphatic carbocycles. The van der Waals surface area contributed by atoms with Gasteiger partial charge in [0.2, 0.25) is 0 Å². The Bertz CT molecular complexity index is 485. The molecule has 0 bridgehead atoms. The molecule has 0 saturated carbocycles. The summed E-state index contributed by atoms with van der Waals surface area (Å²) in [5.41, 5.74) is 7.46. The van der Waals surface area contributed by atoms with Gasteiger partial charge < -0.3 is 1.43 Å². The molecule has 0 spiro atoms. The van der Waals surface area contributed by atoms with E-state index in [2.05, 4.69) is 128 Å². The van der Waals surface area contributed by atoms with Crippen LogP contribution < -0.4 is 0 Å². The average Bonchev–Trinajstić information content (AvgIpc) is 2.33. The van der Waals surface area contributed by atoms with Crippen LogP contribution >= 0.6 is 0 Å². The maximum absolute atomic E-state index is 3.73. The molecule has 0 aromatic rings. The summed E-state index contributed by atoms with van der Waals surface area (Å²) >= 11 is 0. The van der Waals surface area contributed by atoms with Crippen LogP contribution in [0.3, 0.4) is 0 Å². The Morgan fingerprint density at radius 3 is 0.889 bits per heavy atom. The van der Waals surface area contributed by atoms with Crippen LogP contribution in [-0.4, -0.2) is 32.3 Å². The van der Waals surface area contributed by atoms with Gasteiger partial charge in [-0.25, -0.2) is 22.5 Å². The monoisotopic (exact) mass is 468 g/mol. The third kappa shape index (κ3) is 19.8. The number of hydrogen-bond donors (Lipinski definition) is 0. The van der Waals surface area contributed by atoms with Gasteiger partial charge in [0, 0.05) is 42.0 Å². The molecule has 157 valence electrons. The predicted molar refractivity (Wildman–Crippen MR) is 138 cm³/mol. The van der Waals surface area contributed by atoms with Crippen LogP contribution in [0.1, 0.15) is 15.3 Å². The van der Waals surface area contributed by atoms with Crippen LogP contribution in [0.5, 0.6) is 0 Å². The molecule has 27 heavy (non-hydrogen) atoms. The molecule has 0 amide bonds. The van der Waals surface area contributed by atoms with Gasteiger partial charge in [-0.2, -0.15) is 12.2 Å². The summed E-state index contributed by atoms with van der Waals surface area (Å²) in [6.45, 7) is 32.5. The van der Waals surface area contributed by atoms with Crippen molar-refractivity contribution >= 4 is 32.3 Å². The molecule has 5 heteroatoms. The molecule has 1 radical (unpaired) electrons. The SMILES string of the molecule is CC=CC(=[C-][Si](C)(C)C)[Si](C)(C)C.CC=CC(=[C-][Si](C)(C)C)[Si](C)(C)C.[H-].[Sc]. The van der Waals surface area contributed by atoms with Crippen molar-refractivity contribution in [1.29, 1.82) is 0 Å². The molecule has 0 rings (SSSR count). The maximum atomic E-state index is 3.73. The molecule has 0 heterocycles. The van der Waals surface area contributed by atoms with Gasteiger partial charge in [0.05, 0.1) is 0 Å². The molecule has 0 fully saturated rings. The number of hydrogen-bond acceptors (Lipinski definition) is 0. The number of rotatable bonds is 6. The smallest absolute Gasteiger partial charge is 0.0391 e. The molecule has 0 atom stereocenters. The van der Waals surface area contributed by atoms with Crippen molar-refractivity contribution in [3.05, 3.63) is 46.1 Å². The first-order chi connectivity index (χ1) is 11.3. The van der Waals surface area contributed by atoms with Crippen LogP contribution in [0.2, 0.25) is 78.6 Å². The topological polar surface area (TPSA) is 0 Å². The first-order valence-corrected chi connectivity index (χ1v) is 23.9. The summed E-state index contributed by atoms with van der Waals surface area (Å²) in [4.78, 5) is 0. The summed E-state index contributed by atoms with van der Waals surface area (Å²) in [5, 5.41) is 2.99. The number of allylic oxidation sites excluding steroid dienone is 6. The van der Waals surface area contributed by atoms with Gasteiger partial charge in [0.15, 0.2) is 0 Å². The van der Waals surface area contributed by atoms with Crippen molar-refractivity contribution in [1.82, 2.24) is 0 Å². The van der Waals surface area contributed by atoms with E-state index in [1.807, 2.05) is 0 Å². The van der Waals surface area contributed by atoms with Crippen molar-refractivity contribution in [2.75, 3.05) is 0 Å². The van der Waals surface area contributed by atoms with E-state index in [0.717, 1.165) is 0 Å². The molecular formula is C22H47ScSi4-3. The molecule has 0 saturated heterocycles. The Labute approximate surface area is 197 Å². The Balaban J connectivity index is -0.000000192. The summed E-state index contributed by atoms with van der Waals surface area (Å²) in [5.74, 6) is 0. The fraction of sp³-hybridized carbons (Fsp3) is 0.636. The minimum absolute atomic E-state index is 0. The zero-order chi connectivity index (χ0) is 21.4. The van der Waals surface area contributed by atoms with E-state index < -0.39 is 32.3 Å². The van der Waals surface area contributed by atoms with Crippen molar-refractivity contribution in [2.45, 2.75) is 92.4 Å². The fourth-order valence-corrected chi connectivity index (χ4v) is 10.5. The second kappa shape index (κ2) is 13.1. The van der Waals surface area contributed by atoms with E-state index in [-0.39, 0.29) is 27.3 Å². The van der Waals surface area contributed by atoms with Crippen LogP contribution in [0.25, 0.3) is 0 Å². The zero-order valence-corrected chi connectivity index (χ0v) is 26.7. The van der Waals surface area contributed by atoms with Crippen molar-refractivity contribution in [3.8, 4) is 0 Å². The van der Waals surface area contributed by atoms with E-state index in [1.54, 1.807) is 0 Å². The van der Waals surface area contributed by atoms with E-state index >= 15 is 0 Å². The third-order valence-corrected chi connectivity index (χ3v) is 9.66. The van der Waals surface area contributed by atoms with E-state index in [1.165, 1.54) is 10.4 Å². The van der Waals surface area contributed by atoms with Crippen molar-refractivity contribution in [2.24, 2.45) is 0 Å². The van der Waals surface area contributed by atoms with Gasteiger partial charge >= 0.3 is 0 Å². The quantitative estimate of drug-likeness (QED) is 0.209. The van der Waals surface area contributed by atoms with Crippen molar-refractivity contribution in [3.63, 3.8) is 0 Å². The second-order valence-electron chi connectivity index (χ2n) is 11.1. The van der Waals surface area contributed by atoms with Crippen LogP contribution in [0.4, 0.5) is 0 Å². The van der Waals surface area contributed by atoms with Gasteiger partial charge in [-0.1, -0.05) is 92.4 Å².